The number of nitrogens with zero attached hydrogens (tertiary/aromatic N) is 4. The van der Waals surface area contributed by atoms with Gasteiger partial charge in [-0.15, -0.1) is 0 Å². The summed E-state index contributed by atoms with van der Waals surface area (Å²) in [6.07, 6.45) is 5.10. The Morgan fingerprint density at radius 2 is 2.11 bits per heavy atom. The smallest absolute Gasteiger partial charge is 0.224 e. The van der Waals surface area contributed by atoms with E-state index in [1.807, 2.05) is 11.0 Å². The van der Waals surface area contributed by atoms with Crippen LogP contribution in [0.3, 0.4) is 0 Å². The Morgan fingerprint density at radius 1 is 1.33 bits per heavy atom. The maximum absolute atomic E-state index is 14.0. The number of amides is 1. The van der Waals surface area contributed by atoms with Crippen LogP contribution < -0.4 is 10.2 Å². The van der Waals surface area contributed by atoms with Gasteiger partial charge in [-0.05, 0) is 37.0 Å². The van der Waals surface area contributed by atoms with Crippen molar-refractivity contribution in [2.24, 2.45) is 11.8 Å². The van der Waals surface area contributed by atoms with Crippen LogP contribution in [0.4, 0.5) is 15.9 Å². The van der Waals surface area contributed by atoms with Crippen molar-refractivity contribution >= 4 is 17.4 Å². The summed E-state index contributed by atoms with van der Waals surface area (Å²) in [7, 11) is 0. The van der Waals surface area contributed by atoms with Gasteiger partial charge in [0.1, 0.15) is 17.7 Å². The van der Waals surface area contributed by atoms with Crippen molar-refractivity contribution in [3.05, 3.63) is 47.7 Å². The highest BCUT2D eigenvalue weighted by Gasteiger charge is 2.47. The first-order valence-electron chi connectivity index (χ1n) is 9.07. The van der Waals surface area contributed by atoms with Gasteiger partial charge in [-0.2, -0.15) is 5.26 Å². The number of nitrogens with one attached hydrogen (secondary N) is 1. The van der Waals surface area contributed by atoms with E-state index >= 15 is 0 Å². The van der Waals surface area contributed by atoms with Crippen molar-refractivity contribution in [2.45, 2.75) is 38.8 Å². The van der Waals surface area contributed by atoms with E-state index in [4.69, 9.17) is 5.26 Å². The van der Waals surface area contributed by atoms with Crippen molar-refractivity contribution in [3.63, 3.8) is 0 Å². The van der Waals surface area contributed by atoms with Crippen molar-refractivity contribution in [2.75, 3.05) is 10.2 Å². The fourth-order valence-electron chi connectivity index (χ4n) is 4.16. The summed E-state index contributed by atoms with van der Waals surface area (Å²) in [5, 5.41) is 12.2. The Kier molecular flexibility index (Phi) is 4.27. The zero-order valence-electron chi connectivity index (χ0n) is 15.2. The third kappa shape index (κ3) is 3.12. The van der Waals surface area contributed by atoms with Crippen LogP contribution in [-0.2, 0) is 4.79 Å². The molecule has 0 saturated heterocycles. The molecule has 0 bridgehead atoms. The van der Waals surface area contributed by atoms with E-state index in [-0.39, 0.29) is 35.4 Å². The standard InChI is InChI=1S/C20H20FN5O/c1-11-19(25-18-10-23-15(8-22)9-24-18)16-7-14(21)5-6-17(16)26(12(2)27)20(11)13-3-4-13/h5-7,9-11,13,19-20H,3-4H2,1-2H3,(H,24,25)/t11-,19?,20-/m1/s1. The summed E-state index contributed by atoms with van der Waals surface area (Å²) in [5.74, 6) is 0.675. The molecule has 2 aliphatic rings. The van der Waals surface area contributed by atoms with Crippen LogP contribution in [-0.4, -0.2) is 21.9 Å². The lowest BCUT2D eigenvalue weighted by Gasteiger charge is -2.45. The number of benzene rings is 1. The van der Waals surface area contributed by atoms with Crippen LogP contribution in [0.15, 0.2) is 30.6 Å². The molecule has 27 heavy (non-hydrogen) atoms. The van der Waals surface area contributed by atoms with Gasteiger partial charge >= 0.3 is 0 Å². The number of carbonyl (C=O) groups excluding carboxylic acids is 1. The number of rotatable bonds is 3. The molecule has 0 radical (unpaired) electrons. The first-order chi connectivity index (χ1) is 13.0. The predicted octanol–water partition coefficient (Wildman–Crippen LogP) is 3.42. The maximum atomic E-state index is 14.0. The first kappa shape index (κ1) is 17.4. The second-order valence-electron chi connectivity index (χ2n) is 7.30. The molecule has 1 fully saturated rings. The first-order valence-corrected chi connectivity index (χ1v) is 9.07. The molecule has 0 spiro atoms. The number of carbonyl (C=O) groups is 1. The van der Waals surface area contributed by atoms with Crippen molar-refractivity contribution in [1.82, 2.24) is 9.97 Å². The van der Waals surface area contributed by atoms with Crippen molar-refractivity contribution in [3.8, 4) is 6.07 Å². The number of fused-ring (bicyclic) bond motifs is 1. The maximum Gasteiger partial charge on any atom is 0.224 e. The van der Waals surface area contributed by atoms with Gasteiger partial charge in [0.25, 0.3) is 0 Å². The van der Waals surface area contributed by atoms with E-state index in [1.54, 1.807) is 13.0 Å². The molecule has 1 saturated carbocycles. The lowest BCUT2D eigenvalue weighted by atomic mass is 9.80. The lowest BCUT2D eigenvalue weighted by Crippen LogP contribution is -2.51. The summed E-state index contributed by atoms with van der Waals surface area (Å²) in [6.45, 7) is 3.65. The van der Waals surface area contributed by atoms with Crippen LogP contribution in [0.2, 0.25) is 0 Å². The van der Waals surface area contributed by atoms with Crippen LogP contribution in [0, 0.1) is 29.0 Å². The summed E-state index contributed by atoms with van der Waals surface area (Å²) in [4.78, 5) is 22.6. The Hall–Kier alpha value is -3.01. The number of hydrogen-bond donors (Lipinski definition) is 1. The van der Waals surface area contributed by atoms with Crippen LogP contribution in [0.1, 0.15) is 44.0 Å². The molecule has 1 aliphatic heterocycles. The van der Waals surface area contributed by atoms with Gasteiger partial charge in [-0.1, -0.05) is 6.92 Å². The third-order valence-electron chi connectivity index (χ3n) is 5.46. The van der Waals surface area contributed by atoms with E-state index in [1.165, 1.54) is 24.5 Å². The van der Waals surface area contributed by atoms with E-state index < -0.39 is 0 Å². The molecule has 6 nitrogen and oxygen atoms in total. The number of aromatic nitrogens is 2. The number of halogens is 1. The average Bonchev–Trinajstić information content (AvgIpc) is 3.48. The fourth-order valence-corrected chi connectivity index (χ4v) is 4.16. The Balaban J connectivity index is 1.77. The Labute approximate surface area is 157 Å². The normalized spacial score (nSPS) is 24.1. The summed E-state index contributed by atoms with van der Waals surface area (Å²) in [6, 6.07) is 6.36. The SMILES string of the molecule is CC(=O)N1c2ccc(F)cc2C(Nc2cnc(C#N)cn2)[C@@H](C)[C@@H]1C1CC1. The molecule has 2 heterocycles. The van der Waals surface area contributed by atoms with E-state index in [0.29, 0.717) is 11.7 Å². The largest absolute Gasteiger partial charge is 0.362 e. The molecule has 1 N–H and O–H groups in total. The molecule has 1 unspecified atom stereocenters. The molecule has 1 aliphatic carbocycles. The van der Waals surface area contributed by atoms with E-state index in [2.05, 4.69) is 22.2 Å². The van der Waals surface area contributed by atoms with Gasteiger partial charge in [0.05, 0.1) is 18.4 Å². The van der Waals surface area contributed by atoms with E-state index in [0.717, 1.165) is 24.1 Å². The molecule has 1 amide bonds. The van der Waals surface area contributed by atoms with Crippen LogP contribution in [0.25, 0.3) is 0 Å². The number of hydrogen-bond acceptors (Lipinski definition) is 5. The Morgan fingerprint density at radius 3 is 2.70 bits per heavy atom. The highest BCUT2D eigenvalue weighted by molar-refractivity contribution is 5.94. The van der Waals surface area contributed by atoms with Gasteiger partial charge in [0.15, 0.2) is 5.69 Å². The van der Waals surface area contributed by atoms with Crippen LogP contribution >= 0.6 is 0 Å². The molecule has 1 aromatic heterocycles. The summed E-state index contributed by atoms with van der Waals surface area (Å²) >= 11 is 0. The zero-order chi connectivity index (χ0) is 19.1. The van der Waals surface area contributed by atoms with Crippen LogP contribution in [0.5, 0.6) is 0 Å². The van der Waals surface area contributed by atoms with Gasteiger partial charge in [0.2, 0.25) is 5.91 Å². The third-order valence-corrected chi connectivity index (χ3v) is 5.46. The fraction of sp³-hybridized carbons (Fsp3) is 0.400. The zero-order valence-corrected chi connectivity index (χ0v) is 15.2. The second kappa shape index (κ2) is 6.62. The van der Waals surface area contributed by atoms with Crippen molar-refractivity contribution in [1.29, 1.82) is 5.26 Å². The molecule has 7 heteroatoms. The summed E-state index contributed by atoms with van der Waals surface area (Å²) < 4.78 is 14.0. The highest BCUT2D eigenvalue weighted by Crippen LogP contribution is 2.49. The lowest BCUT2D eigenvalue weighted by molar-refractivity contribution is -0.117. The summed E-state index contributed by atoms with van der Waals surface area (Å²) in [5.41, 5.74) is 1.72. The van der Waals surface area contributed by atoms with Gasteiger partial charge < -0.3 is 10.2 Å². The number of nitriles is 1. The van der Waals surface area contributed by atoms with Crippen molar-refractivity contribution < 1.29 is 9.18 Å². The van der Waals surface area contributed by atoms with Gasteiger partial charge in [-0.25, -0.2) is 14.4 Å². The second-order valence-corrected chi connectivity index (χ2v) is 7.30. The monoisotopic (exact) mass is 365 g/mol. The van der Waals surface area contributed by atoms with Gasteiger partial charge in [-0.3, -0.25) is 4.79 Å². The molecular formula is C20H20FN5O. The highest BCUT2D eigenvalue weighted by atomic mass is 19.1. The number of anilines is 2. The average molecular weight is 365 g/mol. The van der Waals surface area contributed by atoms with E-state index in [9.17, 15) is 9.18 Å². The quantitative estimate of drug-likeness (QED) is 0.901. The molecule has 1 aromatic carbocycles. The van der Waals surface area contributed by atoms with Gasteiger partial charge in [0, 0.05) is 30.1 Å². The molecule has 4 rings (SSSR count). The predicted molar refractivity (Wildman–Crippen MR) is 98.3 cm³/mol. The molecule has 138 valence electrons. The molecule has 2 aromatic rings. The molecule has 3 atom stereocenters. The Bertz CT molecular complexity index is 919. The minimum Gasteiger partial charge on any atom is -0.362 e. The molecular weight excluding hydrogens is 345 g/mol. The minimum atomic E-state index is -0.341. The topological polar surface area (TPSA) is 81.9 Å². The minimum absolute atomic E-state index is 0.0248.